The van der Waals surface area contributed by atoms with Crippen LogP contribution in [0.3, 0.4) is 0 Å². The van der Waals surface area contributed by atoms with Crippen LogP contribution in [-0.4, -0.2) is 47.8 Å². The van der Waals surface area contributed by atoms with Crippen molar-refractivity contribution in [3.05, 3.63) is 29.3 Å². The number of carbonyl (C=O) groups excluding carboxylic acids is 2. The van der Waals surface area contributed by atoms with Crippen molar-refractivity contribution in [2.24, 2.45) is 5.41 Å². The molecule has 1 aromatic carbocycles. The largest absolute Gasteiger partial charge is 0.491 e. The maximum Gasteiger partial charge on any atom is 0.274 e. The minimum Gasteiger partial charge on any atom is -0.491 e. The van der Waals surface area contributed by atoms with Crippen LogP contribution >= 0.6 is 0 Å². The van der Waals surface area contributed by atoms with Crippen molar-refractivity contribution in [1.29, 1.82) is 0 Å². The van der Waals surface area contributed by atoms with Gasteiger partial charge in [0, 0.05) is 24.3 Å². The Morgan fingerprint density at radius 2 is 2.21 bits per heavy atom. The highest BCUT2D eigenvalue weighted by molar-refractivity contribution is 5.93. The minimum atomic E-state index is -0.595. The van der Waals surface area contributed by atoms with Gasteiger partial charge >= 0.3 is 0 Å². The second-order valence-corrected chi connectivity index (χ2v) is 6.72. The van der Waals surface area contributed by atoms with E-state index in [1.807, 2.05) is 18.7 Å². The molecule has 0 saturated carbocycles. The topological polar surface area (TPSA) is 88.1 Å². The fourth-order valence-corrected chi connectivity index (χ4v) is 3.12. The van der Waals surface area contributed by atoms with Gasteiger partial charge in [-0.3, -0.25) is 14.8 Å². The second kappa shape index (κ2) is 6.41. The Balaban J connectivity index is 1.87. The van der Waals surface area contributed by atoms with Crippen LogP contribution in [0.25, 0.3) is 0 Å². The average molecular weight is 334 g/mol. The van der Waals surface area contributed by atoms with Gasteiger partial charge in [0.05, 0.1) is 18.1 Å². The van der Waals surface area contributed by atoms with Crippen molar-refractivity contribution in [3.63, 3.8) is 0 Å². The van der Waals surface area contributed by atoms with Gasteiger partial charge in [0.2, 0.25) is 5.91 Å². The molecule has 0 aromatic heterocycles. The van der Waals surface area contributed by atoms with Crippen molar-refractivity contribution in [2.45, 2.75) is 32.9 Å². The first-order valence-corrected chi connectivity index (χ1v) is 8.03. The van der Waals surface area contributed by atoms with Crippen LogP contribution in [-0.2, 0) is 16.1 Å². The fraction of sp³-hybridized carbons (Fsp3) is 0.529. The smallest absolute Gasteiger partial charge is 0.274 e. The SMILES string of the molecule is CC1COc2cc(C(=O)NO)ccc2CN1C(=O)[C@]1(C)CCOC1. The van der Waals surface area contributed by atoms with Crippen molar-refractivity contribution in [1.82, 2.24) is 10.4 Å². The maximum atomic E-state index is 13.0. The molecular formula is C17H22N2O5. The Morgan fingerprint density at radius 3 is 2.88 bits per heavy atom. The summed E-state index contributed by atoms with van der Waals surface area (Å²) in [7, 11) is 0. The predicted molar refractivity (Wildman–Crippen MR) is 84.7 cm³/mol. The van der Waals surface area contributed by atoms with Crippen LogP contribution < -0.4 is 10.2 Å². The summed E-state index contributed by atoms with van der Waals surface area (Å²) in [5, 5.41) is 8.75. The molecule has 0 spiro atoms. The van der Waals surface area contributed by atoms with Crippen LogP contribution in [0.2, 0.25) is 0 Å². The zero-order valence-electron chi connectivity index (χ0n) is 13.9. The van der Waals surface area contributed by atoms with Gasteiger partial charge in [-0.15, -0.1) is 0 Å². The number of hydrogen-bond donors (Lipinski definition) is 2. The van der Waals surface area contributed by atoms with Crippen molar-refractivity contribution < 1.29 is 24.3 Å². The van der Waals surface area contributed by atoms with Gasteiger partial charge in [-0.1, -0.05) is 6.07 Å². The third-order valence-electron chi connectivity index (χ3n) is 4.78. The summed E-state index contributed by atoms with van der Waals surface area (Å²) in [6.45, 7) is 5.71. The van der Waals surface area contributed by atoms with Gasteiger partial charge in [-0.05, 0) is 32.4 Å². The zero-order chi connectivity index (χ0) is 17.3. The Kier molecular flexibility index (Phi) is 4.47. The summed E-state index contributed by atoms with van der Waals surface area (Å²) in [5.74, 6) is 0.0365. The Hall–Kier alpha value is -2.12. The standard InChI is InChI=1S/C17H22N2O5/c1-11-9-24-14-7-12(15(20)18-22)3-4-13(14)8-19(11)16(21)17(2)5-6-23-10-17/h3-4,7,11,22H,5-6,8-10H2,1-2H3,(H,18,20)/t11?,17-/m1/s1. The van der Waals surface area contributed by atoms with Gasteiger partial charge < -0.3 is 14.4 Å². The molecule has 1 aromatic rings. The number of benzene rings is 1. The third-order valence-corrected chi connectivity index (χ3v) is 4.78. The molecule has 2 aliphatic heterocycles. The first-order valence-electron chi connectivity index (χ1n) is 8.03. The van der Waals surface area contributed by atoms with Gasteiger partial charge in [-0.25, -0.2) is 5.48 Å². The monoisotopic (exact) mass is 334 g/mol. The van der Waals surface area contributed by atoms with Gasteiger partial charge in [-0.2, -0.15) is 0 Å². The lowest BCUT2D eigenvalue weighted by molar-refractivity contribution is -0.144. The average Bonchev–Trinajstić information content (AvgIpc) is 2.97. The van der Waals surface area contributed by atoms with Gasteiger partial charge in [0.25, 0.3) is 5.91 Å². The van der Waals surface area contributed by atoms with E-state index in [1.54, 1.807) is 23.7 Å². The van der Waals surface area contributed by atoms with E-state index >= 15 is 0 Å². The first-order chi connectivity index (χ1) is 11.4. The van der Waals surface area contributed by atoms with Crippen LogP contribution in [0.15, 0.2) is 18.2 Å². The normalized spacial score (nSPS) is 26.3. The molecule has 3 rings (SSSR count). The molecular weight excluding hydrogens is 312 g/mol. The molecule has 2 amide bonds. The number of hydroxylamine groups is 1. The molecule has 0 aliphatic carbocycles. The summed E-state index contributed by atoms with van der Waals surface area (Å²) in [6.07, 6.45) is 0.721. The molecule has 130 valence electrons. The maximum absolute atomic E-state index is 13.0. The van der Waals surface area contributed by atoms with Crippen LogP contribution in [0.1, 0.15) is 36.2 Å². The number of rotatable bonds is 2. The van der Waals surface area contributed by atoms with Crippen LogP contribution in [0.4, 0.5) is 0 Å². The van der Waals surface area contributed by atoms with E-state index in [-0.39, 0.29) is 11.9 Å². The molecule has 24 heavy (non-hydrogen) atoms. The van der Waals surface area contributed by atoms with E-state index in [9.17, 15) is 9.59 Å². The van der Waals surface area contributed by atoms with Crippen molar-refractivity contribution in [3.8, 4) is 5.75 Å². The van der Waals surface area contributed by atoms with Crippen molar-refractivity contribution >= 4 is 11.8 Å². The molecule has 0 radical (unpaired) electrons. The van der Waals surface area contributed by atoms with Gasteiger partial charge in [0.15, 0.2) is 0 Å². The van der Waals surface area contributed by atoms with Crippen LogP contribution in [0, 0.1) is 5.41 Å². The summed E-state index contributed by atoms with van der Waals surface area (Å²) >= 11 is 0. The molecule has 1 fully saturated rings. The number of fused-ring (bicyclic) bond motifs is 1. The molecule has 7 heteroatoms. The summed E-state index contributed by atoms with van der Waals surface area (Å²) in [5.41, 5.74) is 2.26. The molecule has 7 nitrogen and oxygen atoms in total. The lowest BCUT2D eigenvalue weighted by atomic mass is 9.87. The molecule has 2 heterocycles. The molecule has 1 saturated heterocycles. The second-order valence-electron chi connectivity index (χ2n) is 6.72. The van der Waals surface area contributed by atoms with E-state index in [2.05, 4.69) is 0 Å². The van der Waals surface area contributed by atoms with E-state index in [1.165, 1.54) is 0 Å². The molecule has 0 bridgehead atoms. The Bertz CT molecular complexity index is 654. The quantitative estimate of drug-likeness (QED) is 0.629. The molecule has 2 aliphatic rings. The fourth-order valence-electron chi connectivity index (χ4n) is 3.12. The molecule has 1 unspecified atom stereocenters. The van der Waals surface area contributed by atoms with E-state index in [0.29, 0.717) is 37.7 Å². The predicted octanol–water partition coefficient (Wildman–Crippen LogP) is 1.34. The van der Waals surface area contributed by atoms with Crippen molar-refractivity contribution in [2.75, 3.05) is 19.8 Å². The van der Waals surface area contributed by atoms with E-state index in [0.717, 1.165) is 12.0 Å². The number of hydrogen-bond acceptors (Lipinski definition) is 5. The highest BCUT2D eigenvalue weighted by atomic mass is 16.5. The Morgan fingerprint density at radius 1 is 1.42 bits per heavy atom. The number of nitrogens with one attached hydrogen (secondary N) is 1. The number of amides is 2. The third kappa shape index (κ3) is 2.97. The van der Waals surface area contributed by atoms with E-state index < -0.39 is 11.3 Å². The van der Waals surface area contributed by atoms with Crippen LogP contribution in [0.5, 0.6) is 5.75 Å². The molecule has 2 N–H and O–H groups in total. The van der Waals surface area contributed by atoms with Gasteiger partial charge in [0.1, 0.15) is 12.4 Å². The number of ether oxygens (including phenoxy) is 2. The highest BCUT2D eigenvalue weighted by Crippen LogP contribution is 2.34. The minimum absolute atomic E-state index is 0.0705. The van der Waals surface area contributed by atoms with E-state index in [4.69, 9.17) is 14.7 Å². The molecule has 2 atom stereocenters. The number of carbonyl (C=O) groups is 2. The zero-order valence-corrected chi connectivity index (χ0v) is 13.9. The summed E-state index contributed by atoms with van der Waals surface area (Å²) < 4.78 is 11.2. The lowest BCUT2D eigenvalue weighted by Gasteiger charge is -2.33. The number of nitrogens with zero attached hydrogens (tertiary/aromatic N) is 1. The highest BCUT2D eigenvalue weighted by Gasteiger charge is 2.42. The summed E-state index contributed by atoms with van der Waals surface area (Å²) in [6, 6.07) is 4.86. The summed E-state index contributed by atoms with van der Waals surface area (Å²) in [4.78, 5) is 26.4. The Labute approximate surface area is 140 Å². The first kappa shape index (κ1) is 16.7. The lowest BCUT2D eigenvalue weighted by Crippen LogP contribution is -2.47.